The van der Waals surface area contributed by atoms with E-state index in [9.17, 15) is 0 Å². The maximum absolute atomic E-state index is 9.01. The molecular weight excluding hydrogens is 380 g/mol. The smallest absolute Gasteiger partial charge is 0.189 e. The fourth-order valence-corrected chi connectivity index (χ4v) is 3.24. The number of nitrogens with zero attached hydrogens (tertiary/aromatic N) is 7. The Morgan fingerprint density at radius 1 is 1.07 bits per heavy atom. The second kappa shape index (κ2) is 7.67. The van der Waals surface area contributed by atoms with Crippen molar-refractivity contribution in [1.82, 2.24) is 29.5 Å². The van der Waals surface area contributed by atoms with E-state index in [0.29, 0.717) is 34.5 Å². The minimum atomic E-state index is 0.577. The molecule has 4 rings (SSSR count). The first kappa shape index (κ1) is 19.1. The van der Waals surface area contributed by atoms with E-state index in [2.05, 4.69) is 31.6 Å². The lowest BCUT2D eigenvalue weighted by Gasteiger charge is -2.10. The van der Waals surface area contributed by atoms with Crippen LogP contribution >= 0.6 is 0 Å². The average molecular weight is 400 g/mol. The van der Waals surface area contributed by atoms with Crippen LogP contribution in [-0.4, -0.2) is 36.6 Å². The Morgan fingerprint density at radius 2 is 1.83 bits per heavy atom. The van der Waals surface area contributed by atoms with Crippen LogP contribution in [0, 0.1) is 25.2 Å². The Hall–Kier alpha value is -4.19. The summed E-state index contributed by atoms with van der Waals surface area (Å²) in [5.41, 5.74) is 4.00. The lowest BCUT2D eigenvalue weighted by Crippen LogP contribution is -2.06. The summed E-state index contributed by atoms with van der Waals surface area (Å²) in [6.45, 7) is 3.91. The standard InChI is InChI=1S/C21H20N8O/c1-13-9-14(2)29(26-13)18-10-17(23-12-24-18)25-21-20(30-4)19(27-28(21)3)16-7-5-15(11-22)6-8-16/h5-10,12H,1-4H3,(H,23,24,25). The lowest BCUT2D eigenvalue weighted by atomic mass is 10.1. The molecule has 1 N–H and O–H groups in total. The summed E-state index contributed by atoms with van der Waals surface area (Å²) < 4.78 is 9.11. The third-order valence-electron chi connectivity index (χ3n) is 4.62. The third-order valence-corrected chi connectivity index (χ3v) is 4.62. The van der Waals surface area contributed by atoms with Crippen LogP contribution in [-0.2, 0) is 7.05 Å². The van der Waals surface area contributed by atoms with Gasteiger partial charge in [0, 0.05) is 24.4 Å². The molecule has 150 valence electrons. The van der Waals surface area contributed by atoms with E-state index < -0.39 is 0 Å². The van der Waals surface area contributed by atoms with Crippen LogP contribution in [0.2, 0.25) is 0 Å². The summed E-state index contributed by atoms with van der Waals surface area (Å²) in [6.07, 6.45) is 1.48. The predicted octanol–water partition coefficient (Wildman–Crippen LogP) is 3.30. The van der Waals surface area contributed by atoms with Crippen molar-refractivity contribution in [3.05, 3.63) is 59.7 Å². The van der Waals surface area contributed by atoms with Crippen molar-refractivity contribution in [3.8, 4) is 28.9 Å². The summed E-state index contributed by atoms with van der Waals surface area (Å²) in [7, 11) is 3.41. The summed E-state index contributed by atoms with van der Waals surface area (Å²) in [4.78, 5) is 8.65. The largest absolute Gasteiger partial charge is 0.491 e. The molecular formula is C21H20N8O. The molecule has 9 nitrogen and oxygen atoms in total. The number of anilines is 2. The number of aromatic nitrogens is 6. The van der Waals surface area contributed by atoms with Crippen LogP contribution < -0.4 is 10.1 Å². The van der Waals surface area contributed by atoms with E-state index in [1.165, 1.54) is 6.33 Å². The number of benzene rings is 1. The van der Waals surface area contributed by atoms with Gasteiger partial charge in [0.25, 0.3) is 0 Å². The molecule has 0 aliphatic rings. The highest BCUT2D eigenvalue weighted by molar-refractivity contribution is 5.76. The lowest BCUT2D eigenvalue weighted by molar-refractivity contribution is 0.418. The Morgan fingerprint density at radius 3 is 2.47 bits per heavy atom. The Bertz CT molecular complexity index is 1250. The molecule has 3 aromatic heterocycles. The number of nitrogens with one attached hydrogen (secondary N) is 1. The Balaban J connectivity index is 1.70. The van der Waals surface area contributed by atoms with Crippen LogP contribution in [0.25, 0.3) is 17.1 Å². The summed E-state index contributed by atoms with van der Waals surface area (Å²) >= 11 is 0. The normalized spacial score (nSPS) is 10.6. The predicted molar refractivity (Wildman–Crippen MR) is 112 cm³/mol. The molecule has 0 unspecified atom stereocenters. The average Bonchev–Trinajstić information content (AvgIpc) is 3.26. The zero-order chi connectivity index (χ0) is 21.3. The molecule has 0 amide bonds. The second-order valence-corrected chi connectivity index (χ2v) is 6.77. The van der Waals surface area contributed by atoms with Crippen molar-refractivity contribution in [1.29, 1.82) is 5.26 Å². The van der Waals surface area contributed by atoms with Crippen molar-refractivity contribution in [2.45, 2.75) is 13.8 Å². The molecule has 0 fully saturated rings. The zero-order valence-electron chi connectivity index (χ0n) is 17.1. The van der Waals surface area contributed by atoms with Gasteiger partial charge in [0.2, 0.25) is 0 Å². The Labute approximate surface area is 173 Å². The Kier molecular flexibility index (Phi) is 4.90. The van der Waals surface area contributed by atoms with Crippen molar-refractivity contribution in [3.63, 3.8) is 0 Å². The molecule has 0 saturated carbocycles. The van der Waals surface area contributed by atoms with E-state index >= 15 is 0 Å². The molecule has 0 atom stereocenters. The molecule has 0 spiro atoms. The highest BCUT2D eigenvalue weighted by atomic mass is 16.5. The SMILES string of the molecule is COc1c(-c2ccc(C#N)cc2)nn(C)c1Nc1cc(-n2nc(C)cc2C)ncn1. The van der Waals surface area contributed by atoms with E-state index in [-0.39, 0.29) is 0 Å². The molecule has 1 aromatic carbocycles. The molecule has 0 aliphatic heterocycles. The van der Waals surface area contributed by atoms with Crippen LogP contribution in [0.15, 0.2) is 42.7 Å². The number of rotatable bonds is 5. The van der Waals surface area contributed by atoms with E-state index in [1.807, 2.05) is 45.2 Å². The van der Waals surface area contributed by atoms with Gasteiger partial charge in [-0.1, -0.05) is 12.1 Å². The van der Waals surface area contributed by atoms with Crippen molar-refractivity contribution in [2.24, 2.45) is 7.05 Å². The first-order valence-electron chi connectivity index (χ1n) is 9.24. The number of hydrogen-bond acceptors (Lipinski definition) is 7. The fourth-order valence-electron chi connectivity index (χ4n) is 3.24. The van der Waals surface area contributed by atoms with E-state index in [0.717, 1.165) is 17.0 Å². The molecule has 4 aromatic rings. The van der Waals surface area contributed by atoms with Gasteiger partial charge in [-0.25, -0.2) is 19.3 Å². The van der Waals surface area contributed by atoms with Crippen molar-refractivity contribution >= 4 is 11.6 Å². The monoisotopic (exact) mass is 400 g/mol. The van der Waals surface area contributed by atoms with Crippen molar-refractivity contribution in [2.75, 3.05) is 12.4 Å². The molecule has 0 aliphatic carbocycles. The highest BCUT2D eigenvalue weighted by Gasteiger charge is 2.19. The van der Waals surface area contributed by atoms with Gasteiger partial charge in [0.05, 0.1) is 24.4 Å². The number of methoxy groups -OCH3 is 1. The van der Waals surface area contributed by atoms with Crippen LogP contribution in [0.3, 0.4) is 0 Å². The van der Waals surface area contributed by atoms with Gasteiger partial charge >= 0.3 is 0 Å². The third kappa shape index (κ3) is 3.46. The van der Waals surface area contributed by atoms with E-state index in [4.69, 9.17) is 10.00 Å². The van der Waals surface area contributed by atoms with Crippen LogP contribution in [0.1, 0.15) is 17.0 Å². The first-order valence-corrected chi connectivity index (χ1v) is 9.24. The van der Waals surface area contributed by atoms with Gasteiger partial charge in [-0.05, 0) is 32.0 Å². The fraction of sp³-hybridized carbons (Fsp3) is 0.190. The highest BCUT2D eigenvalue weighted by Crippen LogP contribution is 2.37. The quantitative estimate of drug-likeness (QED) is 0.548. The molecule has 3 heterocycles. The van der Waals surface area contributed by atoms with Gasteiger partial charge in [-0.15, -0.1) is 0 Å². The number of aryl methyl sites for hydroxylation is 3. The van der Waals surface area contributed by atoms with Gasteiger partial charge in [0.15, 0.2) is 17.4 Å². The summed E-state index contributed by atoms with van der Waals surface area (Å²) in [5.74, 6) is 2.47. The van der Waals surface area contributed by atoms with Crippen LogP contribution in [0.4, 0.5) is 11.6 Å². The molecule has 0 radical (unpaired) electrons. The topological polar surface area (TPSA) is 106 Å². The minimum Gasteiger partial charge on any atom is -0.491 e. The number of ether oxygens (including phenoxy) is 1. The van der Waals surface area contributed by atoms with Gasteiger partial charge < -0.3 is 10.1 Å². The molecule has 9 heteroatoms. The number of hydrogen-bond donors (Lipinski definition) is 1. The minimum absolute atomic E-state index is 0.577. The maximum Gasteiger partial charge on any atom is 0.189 e. The molecule has 0 bridgehead atoms. The molecule has 0 saturated heterocycles. The van der Waals surface area contributed by atoms with Gasteiger partial charge in [-0.3, -0.25) is 0 Å². The van der Waals surface area contributed by atoms with Crippen molar-refractivity contribution < 1.29 is 4.74 Å². The molecule has 30 heavy (non-hydrogen) atoms. The van der Waals surface area contributed by atoms with Gasteiger partial charge in [-0.2, -0.15) is 15.5 Å². The van der Waals surface area contributed by atoms with Crippen LogP contribution in [0.5, 0.6) is 5.75 Å². The first-order chi connectivity index (χ1) is 14.5. The van der Waals surface area contributed by atoms with Gasteiger partial charge in [0.1, 0.15) is 17.8 Å². The zero-order valence-corrected chi connectivity index (χ0v) is 17.1. The summed E-state index contributed by atoms with van der Waals surface area (Å²) in [5, 5.41) is 21.3. The number of nitriles is 1. The maximum atomic E-state index is 9.01. The summed E-state index contributed by atoms with van der Waals surface area (Å²) in [6, 6.07) is 13.1. The van der Waals surface area contributed by atoms with E-state index in [1.54, 1.807) is 28.6 Å². The second-order valence-electron chi connectivity index (χ2n) is 6.77.